The summed E-state index contributed by atoms with van der Waals surface area (Å²) in [6, 6.07) is 6.50. The number of nitrogens with zero attached hydrogens (tertiary/aromatic N) is 1. The summed E-state index contributed by atoms with van der Waals surface area (Å²) in [4.78, 5) is 5.85. The van der Waals surface area contributed by atoms with Crippen LogP contribution in [0.3, 0.4) is 0 Å². The molecule has 0 fully saturated rings. The molecule has 2 nitrogen and oxygen atoms in total. The summed E-state index contributed by atoms with van der Waals surface area (Å²) in [5.74, 6) is 0. The highest BCUT2D eigenvalue weighted by molar-refractivity contribution is 7.99. The normalized spacial score (nSPS) is 11.2. The van der Waals surface area contributed by atoms with Crippen molar-refractivity contribution in [3.63, 3.8) is 0 Å². The number of hydrogen-bond donors (Lipinski definition) is 1. The zero-order valence-corrected chi connectivity index (χ0v) is 11.4. The van der Waals surface area contributed by atoms with Gasteiger partial charge >= 0.3 is 0 Å². The quantitative estimate of drug-likeness (QED) is 0.824. The molecule has 0 radical (unpaired) electrons. The van der Waals surface area contributed by atoms with Crippen LogP contribution in [0.1, 0.15) is 20.8 Å². The van der Waals surface area contributed by atoms with Gasteiger partial charge in [-0.05, 0) is 25.1 Å². The van der Waals surface area contributed by atoms with Gasteiger partial charge in [0.1, 0.15) is 0 Å². The van der Waals surface area contributed by atoms with Crippen molar-refractivity contribution in [3.8, 4) is 0 Å². The van der Waals surface area contributed by atoms with E-state index >= 15 is 0 Å². The van der Waals surface area contributed by atoms with Crippen LogP contribution in [-0.4, -0.2) is 16.8 Å². The number of hydrogen-bond acceptors (Lipinski definition) is 4. The Morgan fingerprint density at radius 1 is 1.44 bits per heavy atom. The summed E-state index contributed by atoms with van der Waals surface area (Å²) in [6.45, 7) is 7.44. The van der Waals surface area contributed by atoms with E-state index in [1.807, 2.05) is 11.8 Å². The first kappa shape index (κ1) is 11.7. The first-order valence-corrected chi connectivity index (χ1v) is 7.19. The van der Waals surface area contributed by atoms with Gasteiger partial charge in [0.25, 0.3) is 0 Å². The highest BCUT2D eigenvalue weighted by Crippen LogP contribution is 2.31. The van der Waals surface area contributed by atoms with Gasteiger partial charge in [-0.1, -0.05) is 25.2 Å². The molecule has 2 aromatic rings. The van der Waals surface area contributed by atoms with E-state index in [4.69, 9.17) is 0 Å². The number of anilines is 1. The molecule has 0 aliphatic carbocycles. The monoisotopic (exact) mass is 252 g/mol. The third-order valence-electron chi connectivity index (χ3n) is 2.06. The van der Waals surface area contributed by atoms with Gasteiger partial charge in [0.05, 0.1) is 10.2 Å². The molecule has 0 unspecified atom stereocenters. The van der Waals surface area contributed by atoms with E-state index in [0.29, 0.717) is 5.25 Å². The highest BCUT2D eigenvalue weighted by Gasteiger charge is 2.05. The molecule has 0 aliphatic heterocycles. The third-order valence-corrected chi connectivity index (χ3v) is 4.03. The lowest BCUT2D eigenvalue weighted by atomic mass is 10.3. The minimum absolute atomic E-state index is 0.624. The summed E-state index contributed by atoms with van der Waals surface area (Å²) >= 11 is 3.62. The van der Waals surface area contributed by atoms with E-state index in [9.17, 15) is 0 Å². The lowest BCUT2D eigenvalue weighted by Crippen LogP contribution is -1.94. The summed E-state index contributed by atoms with van der Waals surface area (Å²) in [5.41, 5.74) is 1.09. The fraction of sp³-hybridized carbons (Fsp3) is 0.417. The Bertz CT molecular complexity index is 477. The molecule has 0 saturated carbocycles. The summed E-state index contributed by atoms with van der Waals surface area (Å²) < 4.78 is 1.27. The largest absolute Gasteiger partial charge is 0.362 e. The molecule has 0 spiro atoms. The van der Waals surface area contributed by atoms with Crippen LogP contribution in [0.5, 0.6) is 0 Å². The Morgan fingerprint density at radius 3 is 2.94 bits per heavy atom. The number of fused-ring (bicyclic) bond motifs is 1. The SMILES string of the molecule is CCNc1nc2ccc(SC(C)C)cc2s1. The predicted molar refractivity (Wildman–Crippen MR) is 74.8 cm³/mol. The average Bonchev–Trinajstić information content (AvgIpc) is 2.59. The van der Waals surface area contributed by atoms with Gasteiger partial charge in [-0.25, -0.2) is 4.98 Å². The molecule has 16 heavy (non-hydrogen) atoms. The minimum Gasteiger partial charge on any atom is -0.362 e. The van der Waals surface area contributed by atoms with Gasteiger partial charge in [0, 0.05) is 16.7 Å². The Kier molecular flexibility index (Phi) is 3.71. The maximum absolute atomic E-state index is 4.52. The Balaban J connectivity index is 2.30. The van der Waals surface area contributed by atoms with Crippen molar-refractivity contribution < 1.29 is 0 Å². The van der Waals surface area contributed by atoms with Gasteiger partial charge in [0.2, 0.25) is 0 Å². The molecule has 0 aliphatic rings. The topological polar surface area (TPSA) is 24.9 Å². The molecule has 1 heterocycles. The van der Waals surface area contributed by atoms with Crippen molar-refractivity contribution in [1.82, 2.24) is 4.98 Å². The number of thioether (sulfide) groups is 1. The zero-order valence-electron chi connectivity index (χ0n) is 9.78. The molecule has 86 valence electrons. The Hall–Kier alpha value is -0.740. The number of benzene rings is 1. The average molecular weight is 252 g/mol. The Morgan fingerprint density at radius 2 is 2.25 bits per heavy atom. The third kappa shape index (κ3) is 2.68. The fourth-order valence-electron chi connectivity index (χ4n) is 1.48. The molecule has 0 atom stereocenters. The summed E-state index contributed by atoms with van der Waals surface area (Å²) in [7, 11) is 0. The fourth-order valence-corrected chi connectivity index (χ4v) is 3.40. The molecule has 0 saturated heterocycles. The van der Waals surface area contributed by atoms with Crippen molar-refractivity contribution in [3.05, 3.63) is 18.2 Å². The van der Waals surface area contributed by atoms with Crippen LogP contribution in [-0.2, 0) is 0 Å². The van der Waals surface area contributed by atoms with Gasteiger partial charge in [-0.15, -0.1) is 11.8 Å². The maximum atomic E-state index is 4.52. The lowest BCUT2D eigenvalue weighted by Gasteiger charge is -2.03. The smallest absolute Gasteiger partial charge is 0.183 e. The standard InChI is InChI=1S/C12H16N2S2/c1-4-13-12-14-10-6-5-9(15-8(2)3)7-11(10)16-12/h5-8H,4H2,1-3H3,(H,13,14). The lowest BCUT2D eigenvalue weighted by molar-refractivity contribution is 1.11. The van der Waals surface area contributed by atoms with Crippen molar-refractivity contribution >= 4 is 38.4 Å². The van der Waals surface area contributed by atoms with Crippen LogP contribution in [0.4, 0.5) is 5.13 Å². The van der Waals surface area contributed by atoms with Crippen LogP contribution >= 0.6 is 23.1 Å². The van der Waals surface area contributed by atoms with E-state index in [2.05, 4.69) is 49.3 Å². The van der Waals surface area contributed by atoms with E-state index in [1.54, 1.807) is 11.3 Å². The second-order valence-electron chi connectivity index (χ2n) is 3.85. The molecular formula is C12H16N2S2. The molecule has 0 amide bonds. The maximum Gasteiger partial charge on any atom is 0.183 e. The van der Waals surface area contributed by atoms with Crippen molar-refractivity contribution in [1.29, 1.82) is 0 Å². The van der Waals surface area contributed by atoms with Gasteiger partial charge in [0.15, 0.2) is 5.13 Å². The molecule has 4 heteroatoms. The minimum atomic E-state index is 0.624. The van der Waals surface area contributed by atoms with Crippen LogP contribution < -0.4 is 5.32 Å². The second-order valence-corrected chi connectivity index (χ2v) is 6.53. The summed E-state index contributed by atoms with van der Waals surface area (Å²) in [5, 5.41) is 4.90. The molecular weight excluding hydrogens is 236 g/mol. The summed E-state index contributed by atoms with van der Waals surface area (Å²) in [6.07, 6.45) is 0. The van der Waals surface area contributed by atoms with Crippen molar-refractivity contribution in [2.75, 3.05) is 11.9 Å². The van der Waals surface area contributed by atoms with Gasteiger partial charge in [-0.2, -0.15) is 0 Å². The van der Waals surface area contributed by atoms with Crippen LogP contribution in [0, 0.1) is 0 Å². The highest BCUT2D eigenvalue weighted by atomic mass is 32.2. The van der Waals surface area contributed by atoms with Crippen LogP contribution in [0.15, 0.2) is 23.1 Å². The first-order valence-electron chi connectivity index (χ1n) is 5.50. The molecule has 0 bridgehead atoms. The predicted octanol–water partition coefficient (Wildman–Crippen LogP) is 4.23. The van der Waals surface area contributed by atoms with E-state index in [0.717, 1.165) is 17.2 Å². The van der Waals surface area contributed by atoms with Crippen LogP contribution in [0.2, 0.25) is 0 Å². The first-order chi connectivity index (χ1) is 7.69. The van der Waals surface area contributed by atoms with Crippen molar-refractivity contribution in [2.24, 2.45) is 0 Å². The second kappa shape index (κ2) is 5.06. The van der Waals surface area contributed by atoms with Gasteiger partial charge in [-0.3, -0.25) is 0 Å². The molecule has 1 aromatic heterocycles. The number of thiazole rings is 1. The van der Waals surface area contributed by atoms with E-state index < -0.39 is 0 Å². The number of nitrogens with one attached hydrogen (secondary N) is 1. The molecule has 1 N–H and O–H groups in total. The van der Waals surface area contributed by atoms with E-state index in [1.165, 1.54) is 9.60 Å². The number of aromatic nitrogens is 1. The van der Waals surface area contributed by atoms with E-state index in [-0.39, 0.29) is 0 Å². The number of rotatable bonds is 4. The molecule has 2 rings (SSSR count). The van der Waals surface area contributed by atoms with Gasteiger partial charge < -0.3 is 5.32 Å². The molecule has 1 aromatic carbocycles. The Labute approximate surface area is 104 Å². The van der Waals surface area contributed by atoms with Crippen LogP contribution in [0.25, 0.3) is 10.2 Å². The van der Waals surface area contributed by atoms with Crippen molar-refractivity contribution in [2.45, 2.75) is 30.9 Å². The zero-order chi connectivity index (χ0) is 11.5.